The van der Waals surface area contributed by atoms with Crippen LogP contribution in [0.4, 0.5) is 0 Å². The summed E-state index contributed by atoms with van der Waals surface area (Å²) in [6.07, 6.45) is 1.58. The van der Waals surface area contributed by atoms with Gasteiger partial charge in [0, 0.05) is 26.1 Å². The van der Waals surface area contributed by atoms with Gasteiger partial charge in [0.1, 0.15) is 4.88 Å². The van der Waals surface area contributed by atoms with Gasteiger partial charge in [-0.1, -0.05) is 24.3 Å². The van der Waals surface area contributed by atoms with Crippen LogP contribution in [0.2, 0.25) is 0 Å². The number of thiazole rings is 1. The summed E-state index contributed by atoms with van der Waals surface area (Å²) in [6, 6.07) is 7.93. The zero-order chi connectivity index (χ0) is 16.2. The molecular formula is C17H19N3O2S. The molecular weight excluding hydrogens is 310 g/mol. The van der Waals surface area contributed by atoms with Gasteiger partial charge in [-0.15, -0.1) is 11.3 Å². The minimum absolute atomic E-state index is 0.1000. The molecule has 0 aliphatic carbocycles. The number of aryl methyl sites for hydroxylation is 1. The van der Waals surface area contributed by atoms with E-state index in [2.05, 4.69) is 10.3 Å². The van der Waals surface area contributed by atoms with Crippen molar-refractivity contribution in [3.05, 3.63) is 51.5 Å². The molecule has 0 atom stereocenters. The zero-order valence-corrected chi connectivity index (χ0v) is 13.9. The van der Waals surface area contributed by atoms with E-state index in [-0.39, 0.29) is 11.8 Å². The summed E-state index contributed by atoms with van der Waals surface area (Å²) in [6.45, 7) is 3.72. The summed E-state index contributed by atoms with van der Waals surface area (Å²) in [7, 11) is 0. The maximum Gasteiger partial charge on any atom is 0.263 e. The summed E-state index contributed by atoms with van der Waals surface area (Å²) in [5, 5.41) is 2.95. The molecule has 2 heterocycles. The minimum atomic E-state index is -0.1000. The first-order valence-electron chi connectivity index (χ1n) is 7.68. The number of nitrogens with one attached hydrogen (secondary N) is 1. The number of carbonyl (C=O) groups is 2. The quantitative estimate of drug-likeness (QED) is 0.917. The van der Waals surface area contributed by atoms with Gasteiger partial charge in [-0.3, -0.25) is 9.59 Å². The van der Waals surface area contributed by atoms with E-state index < -0.39 is 0 Å². The first-order chi connectivity index (χ1) is 11.1. The fourth-order valence-corrected chi connectivity index (χ4v) is 3.46. The van der Waals surface area contributed by atoms with Crippen molar-refractivity contribution in [3.63, 3.8) is 0 Å². The molecule has 23 heavy (non-hydrogen) atoms. The molecule has 6 heteroatoms. The second kappa shape index (κ2) is 6.91. The van der Waals surface area contributed by atoms with E-state index in [0.29, 0.717) is 24.4 Å². The van der Waals surface area contributed by atoms with Crippen molar-refractivity contribution in [2.45, 2.75) is 32.9 Å². The van der Waals surface area contributed by atoms with E-state index in [1.54, 1.807) is 5.51 Å². The lowest BCUT2D eigenvalue weighted by Gasteiger charge is -2.18. The van der Waals surface area contributed by atoms with Crippen LogP contribution in [-0.2, 0) is 17.9 Å². The summed E-state index contributed by atoms with van der Waals surface area (Å²) >= 11 is 1.35. The Balaban J connectivity index is 1.67. The van der Waals surface area contributed by atoms with Gasteiger partial charge in [-0.25, -0.2) is 4.98 Å². The lowest BCUT2D eigenvalue weighted by atomic mass is 10.1. The fourth-order valence-electron chi connectivity index (χ4n) is 2.74. The Morgan fingerprint density at radius 2 is 2.13 bits per heavy atom. The maximum absolute atomic E-state index is 12.2. The molecule has 5 nitrogen and oxygen atoms in total. The smallest absolute Gasteiger partial charge is 0.263 e. The summed E-state index contributed by atoms with van der Waals surface area (Å²) in [5.41, 5.74) is 4.56. The molecule has 1 aromatic carbocycles. The van der Waals surface area contributed by atoms with Gasteiger partial charge >= 0.3 is 0 Å². The molecule has 1 fully saturated rings. The van der Waals surface area contributed by atoms with Crippen molar-refractivity contribution < 1.29 is 9.59 Å². The number of aromatic nitrogens is 1. The number of hydrogen-bond donors (Lipinski definition) is 1. The number of benzene rings is 1. The zero-order valence-electron chi connectivity index (χ0n) is 13.0. The molecule has 0 saturated carbocycles. The maximum atomic E-state index is 12.2. The van der Waals surface area contributed by atoms with Gasteiger partial charge in [0.25, 0.3) is 5.91 Å². The molecule has 1 aliphatic rings. The molecule has 1 N–H and O–H groups in total. The van der Waals surface area contributed by atoms with Gasteiger partial charge < -0.3 is 10.2 Å². The largest absolute Gasteiger partial charge is 0.347 e. The van der Waals surface area contributed by atoms with E-state index in [9.17, 15) is 9.59 Å². The Bertz CT molecular complexity index is 726. The SMILES string of the molecule is Cc1ncsc1C(=O)NCc1ccccc1CN1CCCC1=O. The number of carbonyl (C=O) groups excluding carboxylic acids is 2. The topological polar surface area (TPSA) is 62.3 Å². The molecule has 1 saturated heterocycles. The van der Waals surface area contributed by atoms with Crippen LogP contribution < -0.4 is 5.32 Å². The van der Waals surface area contributed by atoms with Crippen LogP contribution in [-0.4, -0.2) is 28.2 Å². The predicted molar refractivity (Wildman–Crippen MR) is 89.1 cm³/mol. The van der Waals surface area contributed by atoms with Gasteiger partial charge in [-0.2, -0.15) is 0 Å². The number of likely N-dealkylation sites (tertiary alicyclic amines) is 1. The third-order valence-corrected chi connectivity index (χ3v) is 4.97. The first kappa shape index (κ1) is 15.7. The summed E-state index contributed by atoms with van der Waals surface area (Å²) in [4.78, 5) is 30.6. The Kier molecular flexibility index (Phi) is 4.71. The third-order valence-electron chi connectivity index (χ3n) is 4.04. The molecule has 0 bridgehead atoms. The number of rotatable bonds is 5. The van der Waals surface area contributed by atoms with Crippen molar-refractivity contribution >= 4 is 23.2 Å². The molecule has 120 valence electrons. The predicted octanol–water partition coefficient (Wildman–Crippen LogP) is 2.50. The van der Waals surface area contributed by atoms with Crippen LogP contribution in [0.15, 0.2) is 29.8 Å². The van der Waals surface area contributed by atoms with Crippen LogP contribution in [0.1, 0.15) is 39.3 Å². The monoisotopic (exact) mass is 329 g/mol. The van der Waals surface area contributed by atoms with Gasteiger partial charge in [0.2, 0.25) is 5.91 Å². The molecule has 3 rings (SSSR count). The third kappa shape index (κ3) is 3.59. The van der Waals surface area contributed by atoms with Crippen LogP contribution in [0.5, 0.6) is 0 Å². The second-order valence-electron chi connectivity index (χ2n) is 5.64. The summed E-state index contributed by atoms with van der Waals surface area (Å²) < 4.78 is 0. The molecule has 2 amide bonds. The number of hydrogen-bond acceptors (Lipinski definition) is 4. The van der Waals surface area contributed by atoms with Crippen molar-refractivity contribution in [2.24, 2.45) is 0 Å². The van der Waals surface area contributed by atoms with Gasteiger partial charge in [-0.05, 0) is 24.5 Å². The highest BCUT2D eigenvalue weighted by Crippen LogP contribution is 2.18. The van der Waals surface area contributed by atoms with Gasteiger partial charge in [0.05, 0.1) is 11.2 Å². The van der Waals surface area contributed by atoms with E-state index in [1.165, 1.54) is 11.3 Å². The van der Waals surface area contributed by atoms with Gasteiger partial charge in [0.15, 0.2) is 0 Å². The van der Waals surface area contributed by atoms with E-state index in [1.807, 2.05) is 36.1 Å². The molecule has 1 aromatic heterocycles. The molecule has 0 spiro atoms. The first-order valence-corrected chi connectivity index (χ1v) is 8.56. The van der Waals surface area contributed by atoms with Crippen LogP contribution in [0.3, 0.4) is 0 Å². The molecule has 1 aliphatic heterocycles. The average Bonchev–Trinajstić information content (AvgIpc) is 3.15. The summed E-state index contributed by atoms with van der Waals surface area (Å²) in [5.74, 6) is 0.112. The second-order valence-corrected chi connectivity index (χ2v) is 6.49. The van der Waals surface area contributed by atoms with Crippen molar-refractivity contribution in [1.29, 1.82) is 0 Å². The normalized spacial score (nSPS) is 14.3. The van der Waals surface area contributed by atoms with Crippen molar-refractivity contribution in [3.8, 4) is 0 Å². The number of amides is 2. The molecule has 2 aromatic rings. The van der Waals surface area contributed by atoms with Crippen LogP contribution >= 0.6 is 11.3 Å². The Labute approximate surface area is 139 Å². The molecule has 0 unspecified atom stereocenters. The van der Waals surface area contributed by atoms with Crippen LogP contribution in [0, 0.1) is 6.92 Å². The lowest BCUT2D eigenvalue weighted by molar-refractivity contribution is -0.128. The lowest BCUT2D eigenvalue weighted by Crippen LogP contribution is -2.26. The Morgan fingerprint density at radius 1 is 1.35 bits per heavy atom. The number of nitrogens with zero attached hydrogens (tertiary/aromatic N) is 2. The average molecular weight is 329 g/mol. The van der Waals surface area contributed by atoms with E-state index in [4.69, 9.17) is 0 Å². The highest BCUT2D eigenvalue weighted by molar-refractivity contribution is 7.11. The Hall–Kier alpha value is -2.21. The van der Waals surface area contributed by atoms with Crippen molar-refractivity contribution in [1.82, 2.24) is 15.2 Å². The highest BCUT2D eigenvalue weighted by atomic mass is 32.1. The Morgan fingerprint density at radius 3 is 2.78 bits per heavy atom. The highest BCUT2D eigenvalue weighted by Gasteiger charge is 2.21. The van der Waals surface area contributed by atoms with E-state index >= 15 is 0 Å². The van der Waals surface area contributed by atoms with Crippen molar-refractivity contribution in [2.75, 3.05) is 6.54 Å². The molecule has 0 radical (unpaired) electrons. The standard InChI is InChI=1S/C17H19N3O2S/c1-12-16(23-11-19-12)17(22)18-9-13-5-2-3-6-14(13)10-20-8-4-7-15(20)21/h2-3,5-6,11H,4,7-10H2,1H3,(H,18,22). The fraction of sp³-hybridized carbons (Fsp3) is 0.353. The van der Waals surface area contributed by atoms with Crippen LogP contribution in [0.25, 0.3) is 0 Å². The van der Waals surface area contributed by atoms with E-state index in [0.717, 1.165) is 29.8 Å². The minimum Gasteiger partial charge on any atom is -0.347 e.